The van der Waals surface area contributed by atoms with E-state index in [0.29, 0.717) is 10.6 Å². The number of ether oxygens (including phenoxy) is 1. The monoisotopic (exact) mass is 267 g/mol. The minimum atomic E-state index is -0.279. The highest BCUT2D eigenvalue weighted by Gasteiger charge is 2.17. The third kappa shape index (κ3) is 3.72. The molecule has 3 nitrogen and oxygen atoms in total. The molecular weight excluding hydrogens is 250 g/mol. The molecule has 0 unspecified atom stereocenters. The highest BCUT2D eigenvalue weighted by Crippen LogP contribution is 2.13. The van der Waals surface area contributed by atoms with Crippen molar-refractivity contribution in [2.75, 3.05) is 19.6 Å². The van der Waals surface area contributed by atoms with E-state index in [9.17, 15) is 4.79 Å². The zero-order valence-corrected chi connectivity index (χ0v) is 11.3. The van der Waals surface area contributed by atoms with Crippen molar-refractivity contribution in [3.63, 3.8) is 0 Å². The molecule has 18 heavy (non-hydrogen) atoms. The molecule has 0 aliphatic carbocycles. The molecule has 0 spiro atoms. The van der Waals surface area contributed by atoms with E-state index in [1.165, 1.54) is 12.8 Å². The number of rotatable bonds is 4. The van der Waals surface area contributed by atoms with Crippen LogP contribution >= 0.6 is 11.6 Å². The van der Waals surface area contributed by atoms with Crippen molar-refractivity contribution in [3.05, 3.63) is 34.9 Å². The van der Waals surface area contributed by atoms with Gasteiger partial charge in [-0.3, -0.25) is 4.90 Å². The maximum atomic E-state index is 11.9. The van der Waals surface area contributed by atoms with Gasteiger partial charge in [-0.15, -0.1) is 0 Å². The second-order valence-corrected chi connectivity index (χ2v) is 5.17. The van der Waals surface area contributed by atoms with Gasteiger partial charge in [-0.25, -0.2) is 4.79 Å². The number of benzene rings is 1. The number of halogens is 1. The van der Waals surface area contributed by atoms with Gasteiger partial charge in [0.1, 0.15) is 6.10 Å². The van der Waals surface area contributed by atoms with Crippen molar-refractivity contribution in [1.82, 2.24) is 4.90 Å². The third-order valence-corrected chi connectivity index (χ3v) is 3.35. The van der Waals surface area contributed by atoms with Crippen molar-refractivity contribution < 1.29 is 9.53 Å². The minimum Gasteiger partial charge on any atom is -0.458 e. The van der Waals surface area contributed by atoms with Gasteiger partial charge in [-0.2, -0.15) is 0 Å². The number of likely N-dealkylation sites (tertiary alicyclic amines) is 1. The Labute approximate surface area is 113 Å². The first-order valence-electron chi connectivity index (χ1n) is 6.34. The van der Waals surface area contributed by atoms with Crippen LogP contribution in [-0.4, -0.2) is 36.6 Å². The zero-order chi connectivity index (χ0) is 13.0. The molecule has 4 heteroatoms. The Bertz CT molecular complexity index is 399. The molecule has 1 fully saturated rings. The Hall–Kier alpha value is -1.06. The van der Waals surface area contributed by atoms with Crippen LogP contribution in [0.4, 0.5) is 0 Å². The van der Waals surface area contributed by atoms with Crippen LogP contribution in [0.25, 0.3) is 0 Å². The van der Waals surface area contributed by atoms with Crippen LogP contribution in [0.2, 0.25) is 5.02 Å². The van der Waals surface area contributed by atoms with Crippen LogP contribution in [0.15, 0.2) is 24.3 Å². The summed E-state index contributed by atoms with van der Waals surface area (Å²) in [6.45, 7) is 4.98. The van der Waals surface area contributed by atoms with Crippen LogP contribution in [0.5, 0.6) is 0 Å². The summed E-state index contributed by atoms with van der Waals surface area (Å²) in [5.74, 6) is -0.279. The van der Waals surface area contributed by atoms with Gasteiger partial charge in [0.2, 0.25) is 0 Å². The normalized spacial score (nSPS) is 17.7. The molecule has 1 saturated heterocycles. The van der Waals surface area contributed by atoms with Gasteiger partial charge in [0.05, 0.1) is 5.56 Å². The number of carbonyl (C=O) groups is 1. The fourth-order valence-corrected chi connectivity index (χ4v) is 2.33. The predicted molar refractivity (Wildman–Crippen MR) is 72.0 cm³/mol. The molecule has 1 heterocycles. The van der Waals surface area contributed by atoms with E-state index in [-0.39, 0.29) is 12.1 Å². The van der Waals surface area contributed by atoms with E-state index in [4.69, 9.17) is 16.3 Å². The molecule has 1 aromatic carbocycles. The summed E-state index contributed by atoms with van der Waals surface area (Å²) in [6, 6.07) is 6.77. The lowest BCUT2D eigenvalue weighted by Crippen LogP contribution is -2.31. The molecule has 0 bridgehead atoms. The van der Waals surface area contributed by atoms with Gasteiger partial charge in [-0.1, -0.05) is 11.6 Å². The van der Waals surface area contributed by atoms with Gasteiger partial charge in [0.25, 0.3) is 0 Å². The summed E-state index contributed by atoms with van der Waals surface area (Å²) in [5, 5.41) is 0.622. The predicted octanol–water partition coefficient (Wildman–Crippen LogP) is 2.98. The zero-order valence-electron chi connectivity index (χ0n) is 10.6. The average Bonchev–Trinajstić information content (AvgIpc) is 2.82. The highest BCUT2D eigenvalue weighted by atomic mass is 35.5. The molecule has 0 radical (unpaired) electrons. The molecule has 98 valence electrons. The second kappa shape index (κ2) is 6.21. The van der Waals surface area contributed by atoms with Crippen LogP contribution in [0, 0.1) is 0 Å². The molecule has 1 atom stereocenters. The van der Waals surface area contributed by atoms with E-state index >= 15 is 0 Å². The van der Waals surface area contributed by atoms with Crippen LogP contribution in [0.3, 0.4) is 0 Å². The Morgan fingerprint density at radius 1 is 1.33 bits per heavy atom. The van der Waals surface area contributed by atoms with E-state index in [1.807, 2.05) is 6.92 Å². The van der Waals surface area contributed by atoms with E-state index < -0.39 is 0 Å². The Kier molecular flexibility index (Phi) is 4.61. The average molecular weight is 268 g/mol. The van der Waals surface area contributed by atoms with Crippen molar-refractivity contribution >= 4 is 17.6 Å². The Morgan fingerprint density at radius 3 is 2.56 bits per heavy atom. The van der Waals surface area contributed by atoms with Gasteiger partial charge in [0, 0.05) is 11.6 Å². The number of carbonyl (C=O) groups excluding carboxylic acids is 1. The van der Waals surface area contributed by atoms with Gasteiger partial charge in [-0.05, 0) is 57.1 Å². The topological polar surface area (TPSA) is 29.5 Å². The molecule has 0 N–H and O–H groups in total. The molecule has 1 aliphatic rings. The minimum absolute atomic E-state index is 0.0775. The number of nitrogens with zero attached hydrogens (tertiary/aromatic N) is 1. The van der Waals surface area contributed by atoms with Crippen LogP contribution < -0.4 is 0 Å². The molecule has 0 aromatic heterocycles. The summed E-state index contributed by atoms with van der Waals surface area (Å²) in [4.78, 5) is 14.2. The maximum absolute atomic E-state index is 11.9. The Morgan fingerprint density at radius 2 is 1.94 bits per heavy atom. The third-order valence-electron chi connectivity index (χ3n) is 3.10. The van der Waals surface area contributed by atoms with E-state index in [2.05, 4.69) is 4.90 Å². The first-order chi connectivity index (χ1) is 8.65. The fourth-order valence-electron chi connectivity index (χ4n) is 2.20. The lowest BCUT2D eigenvalue weighted by Gasteiger charge is -2.20. The summed E-state index contributed by atoms with van der Waals surface area (Å²) in [7, 11) is 0. The summed E-state index contributed by atoms with van der Waals surface area (Å²) in [6.07, 6.45) is 2.42. The van der Waals surface area contributed by atoms with Crippen molar-refractivity contribution in [2.24, 2.45) is 0 Å². The van der Waals surface area contributed by atoms with Gasteiger partial charge >= 0.3 is 5.97 Å². The van der Waals surface area contributed by atoms with Gasteiger partial charge in [0.15, 0.2) is 0 Å². The highest BCUT2D eigenvalue weighted by molar-refractivity contribution is 6.30. The lowest BCUT2D eigenvalue weighted by atomic mass is 10.2. The van der Waals surface area contributed by atoms with E-state index in [0.717, 1.165) is 19.6 Å². The number of hydrogen-bond donors (Lipinski definition) is 0. The van der Waals surface area contributed by atoms with Crippen LogP contribution in [-0.2, 0) is 4.74 Å². The SMILES string of the molecule is C[C@@H](CN1CCCC1)OC(=O)c1ccc(Cl)cc1. The lowest BCUT2D eigenvalue weighted by molar-refractivity contribution is 0.0271. The summed E-state index contributed by atoms with van der Waals surface area (Å²) in [5.41, 5.74) is 0.549. The number of esters is 1. The number of hydrogen-bond acceptors (Lipinski definition) is 3. The fraction of sp³-hybridized carbons (Fsp3) is 0.500. The van der Waals surface area contributed by atoms with Crippen molar-refractivity contribution in [3.8, 4) is 0 Å². The van der Waals surface area contributed by atoms with Crippen molar-refractivity contribution in [2.45, 2.75) is 25.9 Å². The molecule has 0 amide bonds. The molecular formula is C14H18ClNO2. The first kappa shape index (κ1) is 13.4. The molecule has 0 saturated carbocycles. The second-order valence-electron chi connectivity index (χ2n) is 4.73. The standard InChI is InChI=1S/C14H18ClNO2/c1-11(10-16-8-2-3-9-16)18-14(17)12-4-6-13(15)7-5-12/h4-7,11H,2-3,8-10H2,1H3/t11-/m0/s1. The van der Waals surface area contributed by atoms with E-state index in [1.54, 1.807) is 24.3 Å². The first-order valence-corrected chi connectivity index (χ1v) is 6.72. The largest absolute Gasteiger partial charge is 0.458 e. The Balaban J connectivity index is 1.84. The smallest absolute Gasteiger partial charge is 0.338 e. The summed E-state index contributed by atoms with van der Waals surface area (Å²) < 4.78 is 5.41. The summed E-state index contributed by atoms with van der Waals surface area (Å²) >= 11 is 5.78. The molecule has 2 rings (SSSR count). The van der Waals surface area contributed by atoms with Gasteiger partial charge < -0.3 is 4.74 Å². The molecule has 1 aromatic rings. The van der Waals surface area contributed by atoms with Crippen LogP contribution in [0.1, 0.15) is 30.1 Å². The quantitative estimate of drug-likeness (QED) is 0.786. The van der Waals surface area contributed by atoms with Crippen molar-refractivity contribution in [1.29, 1.82) is 0 Å². The maximum Gasteiger partial charge on any atom is 0.338 e. The molecule has 1 aliphatic heterocycles.